The Morgan fingerprint density at radius 3 is 2.42 bits per heavy atom. The van der Waals surface area contributed by atoms with Crippen LogP contribution in [0.25, 0.3) is 0 Å². The molecule has 1 fully saturated rings. The van der Waals surface area contributed by atoms with Crippen LogP contribution in [0.5, 0.6) is 0 Å². The lowest BCUT2D eigenvalue weighted by Gasteiger charge is -2.38. The van der Waals surface area contributed by atoms with Gasteiger partial charge in [-0.15, -0.1) is 0 Å². The molecule has 70 valence electrons. The maximum absolute atomic E-state index is 11.0. The van der Waals surface area contributed by atoms with Crippen molar-refractivity contribution in [3.05, 3.63) is 0 Å². The lowest BCUT2D eigenvalue weighted by Crippen LogP contribution is -2.39. The van der Waals surface area contributed by atoms with Crippen molar-refractivity contribution in [2.75, 3.05) is 0 Å². The molecule has 1 saturated carbocycles. The van der Waals surface area contributed by atoms with Crippen LogP contribution < -0.4 is 0 Å². The summed E-state index contributed by atoms with van der Waals surface area (Å²) in [5, 5.41) is 9.09. The van der Waals surface area contributed by atoms with Gasteiger partial charge in [-0.25, -0.2) is 0 Å². The van der Waals surface area contributed by atoms with Gasteiger partial charge in [0.2, 0.25) is 0 Å². The number of aliphatic carboxylic acids is 1. The number of hydrogen-bond donors (Lipinski definition) is 1. The summed E-state index contributed by atoms with van der Waals surface area (Å²) in [7, 11) is 0. The molecular formula is C10H18O2. The number of carbonyl (C=O) groups is 1. The largest absolute Gasteiger partial charge is 0.481 e. The highest BCUT2D eigenvalue weighted by molar-refractivity contribution is 5.74. The van der Waals surface area contributed by atoms with Crippen molar-refractivity contribution in [2.45, 2.75) is 40.0 Å². The maximum Gasteiger partial charge on any atom is 0.309 e. The summed E-state index contributed by atoms with van der Waals surface area (Å²) >= 11 is 0. The van der Waals surface area contributed by atoms with E-state index in [0.29, 0.717) is 11.8 Å². The zero-order chi connectivity index (χ0) is 9.35. The zero-order valence-electron chi connectivity index (χ0n) is 8.13. The third-order valence-corrected chi connectivity index (χ3v) is 3.44. The average molecular weight is 170 g/mol. The number of rotatable bonds is 1. The molecule has 0 unspecified atom stereocenters. The van der Waals surface area contributed by atoms with Gasteiger partial charge >= 0.3 is 5.97 Å². The third-order valence-electron chi connectivity index (χ3n) is 3.44. The van der Waals surface area contributed by atoms with E-state index >= 15 is 0 Å². The molecule has 0 heterocycles. The fourth-order valence-corrected chi connectivity index (χ4v) is 2.18. The van der Waals surface area contributed by atoms with Crippen LogP contribution >= 0.6 is 0 Å². The van der Waals surface area contributed by atoms with Gasteiger partial charge in [-0.05, 0) is 31.6 Å². The summed E-state index contributed by atoms with van der Waals surface area (Å²) in [5.41, 5.74) is -0.475. The Morgan fingerprint density at radius 2 is 2.00 bits per heavy atom. The van der Waals surface area contributed by atoms with E-state index in [1.165, 1.54) is 6.42 Å². The second-order valence-electron chi connectivity index (χ2n) is 4.51. The zero-order valence-corrected chi connectivity index (χ0v) is 8.13. The third kappa shape index (κ3) is 1.47. The highest BCUT2D eigenvalue weighted by Gasteiger charge is 2.42. The van der Waals surface area contributed by atoms with Crippen molar-refractivity contribution >= 4 is 5.97 Å². The fraction of sp³-hybridized carbons (Fsp3) is 0.900. The summed E-state index contributed by atoms with van der Waals surface area (Å²) in [5.74, 6) is 0.273. The van der Waals surface area contributed by atoms with E-state index in [1.807, 2.05) is 6.92 Å². The monoisotopic (exact) mass is 170 g/mol. The van der Waals surface area contributed by atoms with Crippen LogP contribution in [0.3, 0.4) is 0 Å². The second kappa shape index (κ2) is 3.08. The highest BCUT2D eigenvalue weighted by Crippen LogP contribution is 2.43. The molecule has 12 heavy (non-hydrogen) atoms. The van der Waals surface area contributed by atoms with Gasteiger partial charge in [0.1, 0.15) is 0 Å². The summed E-state index contributed by atoms with van der Waals surface area (Å²) < 4.78 is 0. The van der Waals surface area contributed by atoms with E-state index in [-0.39, 0.29) is 0 Å². The van der Waals surface area contributed by atoms with Crippen LogP contribution in [0.1, 0.15) is 40.0 Å². The first-order valence-corrected chi connectivity index (χ1v) is 4.70. The Hall–Kier alpha value is -0.530. The van der Waals surface area contributed by atoms with Gasteiger partial charge in [-0.3, -0.25) is 4.79 Å². The topological polar surface area (TPSA) is 37.3 Å². The maximum atomic E-state index is 11.0. The molecule has 0 aromatic rings. The quantitative estimate of drug-likeness (QED) is 0.656. The Balaban J connectivity index is 2.77. The average Bonchev–Trinajstić information content (AvgIpc) is 1.97. The summed E-state index contributed by atoms with van der Waals surface area (Å²) in [6.45, 7) is 6.09. The van der Waals surface area contributed by atoms with Crippen molar-refractivity contribution in [1.29, 1.82) is 0 Å². The van der Waals surface area contributed by atoms with E-state index in [2.05, 4.69) is 13.8 Å². The highest BCUT2D eigenvalue weighted by atomic mass is 16.4. The van der Waals surface area contributed by atoms with Crippen LogP contribution in [0.4, 0.5) is 0 Å². The van der Waals surface area contributed by atoms with E-state index in [0.717, 1.165) is 12.8 Å². The molecule has 3 atom stereocenters. The van der Waals surface area contributed by atoms with Crippen molar-refractivity contribution < 1.29 is 9.90 Å². The lowest BCUT2D eigenvalue weighted by molar-refractivity contribution is -0.154. The molecule has 1 N–H and O–H groups in total. The molecule has 1 aliphatic rings. The van der Waals surface area contributed by atoms with Gasteiger partial charge in [0, 0.05) is 0 Å². The molecule has 0 amide bonds. The predicted molar refractivity (Wildman–Crippen MR) is 47.9 cm³/mol. The Morgan fingerprint density at radius 1 is 1.42 bits per heavy atom. The summed E-state index contributed by atoms with van der Waals surface area (Å²) in [4.78, 5) is 11.0. The normalized spacial score (nSPS) is 42.6. The Kier molecular flexibility index (Phi) is 2.45. The minimum absolute atomic E-state index is 0.325. The van der Waals surface area contributed by atoms with Crippen molar-refractivity contribution in [3.8, 4) is 0 Å². The predicted octanol–water partition coefficient (Wildman–Crippen LogP) is 2.53. The summed E-state index contributed by atoms with van der Waals surface area (Å²) in [6.07, 6.45) is 3.08. The van der Waals surface area contributed by atoms with E-state index in [4.69, 9.17) is 5.11 Å². The SMILES string of the molecule is C[C@@H]1CC[C@H](C)[C@@](C)(C(=O)O)C1. The first kappa shape index (κ1) is 9.56. The lowest BCUT2D eigenvalue weighted by atomic mass is 9.65. The molecular weight excluding hydrogens is 152 g/mol. The molecule has 0 spiro atoms. The molecule has 0 saturated heterocycles. The van der Waals surface area contributed by atoms with Gasteiger partial charge in [0.25, 0.3) is 0 Å². The van der Waals surface area contributed by atoms with Crippen LogP contribution in [-0.4, -0.2) is 11.1 Å². The fourth-order valence-electron chi connectivity index (χ4n) is 2.18. The first-order chi connectivity index (χ1) is 5.47. The molecule has 0 aromatic heterocycles. The molecule has 1 aliphatic carbocycles. The molecule has 2 nitrogen and oxygen atoms in total. The molecule has 0 radical (unpaired) electrons. The minimum atomic E-state index is -0.624. The summed E-state index contributed by atoms with van der Waals surface area (Å²) in [6, 6.07) is 0. The number of carboxylic acid groups (broad SMARTS) is 1. The first-order valence-electron chi connectivity index (χ1n) is 4.70. The van der Waals surface area contributed by atoms with Crippen LogP contribution in [0.2, 0.25) is 0 Å². The van der Waals surface area contributed by atoms with E-state index in [9.17, 15) is 4.79 Å². The second-order valence-corrected chi connectivity index (χ2v) is 4.51. The van der Waals surface area contributed by atoms with Gasteiger partial charge in [0.05, 0.1) is 5.41 Å². The van der Waals surface area contributed by atoms with Gasteiger partial charge in [-0.2, -0.15) is 0 Å². The molecule has 0 aliphatic heterocycles. The van der Waals surface area contributed by atoms with Crippen LogP contribution in [0.15, 0.2) is 0 Å². The minimum Gasteiger partial charge on any atom is -0.481 e. The standard InChI is InChI=1S/C10H18O2/c1-7-4-5-8(2)10(3,6-7)9(11)12/h7-8H,4-6H2,1-3H3,(H,11,12)/t7-,8+,10+/m1/s1. The Bertz CT molecular complexity index is 188. The van der Waals surface area contributed by atoms with Gasteiger partial charge < -0.3 is 5.11 Å². The van der Waals surface area contributed by atoms with Crippen LogP contribution in [-0.2, 0) is 4.79 Å². The van der Waals surface area contributed by atoms with Crippen molar-refractivity contribution in [1.82, 2.24) is 0 Å². The molecule has 1 rings (SSSR count). The molecule has 2 heteroatoms. The van der Waals surface area contributed by atoms with Crippen LogP contribution in [0, 0.1) is 17.3 Å². The Labute approximate surface area is 74.0 Å². The number of carboxylic acids is 1. The van der Waals surface area contributed by atoms with Crippen molar-refractivity contribution in [3.63, 3.8) is 0 Å². The smallest absolute Gasteiger partial charge is 0.309 e. The van der Waals surface area contributed by atoms with Gasteiger partial charge in [-0.1, -0.05) is 20.3 Å². The molecule has 0 aromatic carbocycles. The molecule has 0 bridgehead atoms. The van der Waals surface area contributed by atoms with E-state index in [1.54, 1.807) is 0 Å². The van der Waals surface area contributed by atoms with Gasteiger partial charge in [0.15, 0.2) is 0 Å². The number of hydrogen-bond acceptors (Lipinski definition) is 1. The van der Waals surface area contributed by atoms with Crippen molar-refractivity contribution in [2.24, 2.45) is 17.3 Å². The van der Waals surface area contributed by atoms with E-state index < -0.39 is 11.4 Å².